The average Bonchev–Trinajstić information content (AvgIpc) is 2.03. The number of amides is 1. The Morgan fingerprint density at radius 2 is 2.08 bits per heavy atom. The van der Waals surface area contributed by atoms with E-state index in [9.17, 15) is 4.79 Å². The smallest absolute Gasteiger partial charge is 0.220 e. The lowest BCUT2D eigenvalue weighted by molar-refractivity contribution is -0.122. The summed E-state index contributed by atoms with van der Waals surface area (Å²) < 4.78 is 0. The molecule has 0 bridgehead atoms. The predicted molar refractivity (Wildman–Crippen MR) is 50.7 cm³/mol. The molecule has 2 atom stereocenters. The van der Waals surface area contributed by atoms with Crippen molar-refractivity contribution in [1.82, 2.24) is 5.32 Å². The normalized spacial score (nSPS) is 15.3. The topological polar surface area (TPSA) is 55.1 Å². The van der Waals surface area contributed by atoms with Crippen LogP contribution in [0.5, 0.6) is 0 Å². The van der Waals surface area contributed by atoms with Crippen LogP contribution in [-0.2, 0) is 4.79 Å². The quantitative estimate of drug-likeness (QED) is 0.647. The number of carbonyl (C=O) groups excluding carboxylic acids is 1. The van der Waals surface area contributed by atoms with Crippen LogP contribution in [0.2, 0.25) is 0 Å². The third kappa shape index (κ3) is 5.13. The molecule has 0 aliphatic carbocycles. The van der Waals surface area contributed by atoms with Gasteiger partial charge in [0, 0.05) is 19.0 Å². The molecule has 3 N–H and O–H groups in total. The van der Waals surface area contributed by atoms with Gasteiger partial charge in [0.25, 0.3) is 0 Å². The molecule has 0 fully saturated rings. The number of hydrogen-bond donors (Lipinski definition) is 2. The lowest BCUT2D eigenvalue weighted by Gasteiger charge is -2.13. The standard InChI is InChI=1S/C9H20N2O/c1-4-7(2)5-9(12)11-8(3)6-10/h7-8H,4-6,10H2,1-3H3,(H,11,12)/t7?,8-/m1/s1. The Labute approximate surface area is 74.7 Å². The summed E-state index contributed by atoms with van der Waals surface area (Å²) in [6.07, 6.45) is 1.66. The second kappa shape index (κ2) is 6.00. The molecule has 0 spiro atoms. The molecule has 3 nitrogen and oxygen atoms in total. The van der Waals surface area contributed by atoms with Crippen LogP contribution in [0.4, 0.5) is 0 Å². The fraction of sp³-hybridized carbons (Fsp3) is 0.889. The molecule has 0 heterocycles. The zero-order chi connectivity index (χ0) is 9.56. The van der Waals surface area contributed by atoms with Crippen LogP contribution in [0, 0.1) is 5.92 Å². The third-order valence-electron chi connectivity index (χ3n) is 1.99. The Kier molecular flexibility index (Phi) is 5.72. The largest absolute Gasteiger partial charge is 0.352 e. The summed E-state index contributed by atoms with van der Waals surface area (Å²) in [5.41, 5.74) is 5.37. The van der Waals surface area contributed by atoms with Crippen molar-refractivity contribution < 1.29 is 4.79 Å². The molecule has 3 heteroatoms. The molecule has 0 radical (unpaired) electrons. The predicted octanol–water partition coefficient (Wildman–Crippen LogP) is 0.886. The summed E-state index contributed by atoms with van der Waals surface area (Å²) >= 11 is 0. The van der Waals surface area contributed by atoms with Gasteiger partial charge in [-0.2, -0.15) is 0 Å². The van der Waals surface area contributed by atoms with Crippen LogP contribution in [0.15, 0.2) is 0 Å². The van der Waals surface area contributed by atoms with Crippen molar-refractivity contribution in [3.63, 3.8) is 0 Å². The maximum atomic E-state index is 11.2. The molecule has 0 saturated carbocycles. The van der Waals surface area contributed by atoms with E-state index in [4.69, 9.17) is 5.73 Å². The molecule has 0 saturated heterocycles. The molecule has 0 aliphatic heterocycles. The molecule has 12 heavy (non-hydrogen) atoms. The monoisotopic (exact) mass is 172 g/mol. The molecule has 72 valence electrons. The summed E-state index contributed by atoms with van der Waals surface area (Å²) in [4.78, 5) is 11.2. The van der Waals surface area contributed by atoms with Gasteiger partial charge in [-0.25, -0.2) is 0 Å². The van der Waals surface area contributed by atoms with Crippen LogP contribution in [0.25, 0.3) is 0 Å². The van der Waals surface area contributed by atoms with Gasteiger partial charge in [0.15, 0.2) is 0 Å². The Morgan fingerprint density at radius 3 is 2.50 bits per heavy atom. The van der Waals surface area contributed by atoms with Gasteiger partial charge < -0.3 is 11.1 Å². The van der Waals surface area contributed by atoms with Crippen molar-refractivity contribution in [3.8, 4) is 0 Å². The Hall–Kier alpha value is -0.570. The number of nitrogens with one attached hydrogen (secondary N) is 1. The summed E-state index contributed by atoms with van der Waals surface area (Å²) in [6, 6.07) is 0.0987. The van der Waals surface area contributed by atoms with Crippen molar-refractivity contribution in [1.29, 1.82) is 0 Å². The van der Waals surface area contributed by atoms with E-state index < -0.39 is 0 Å². The van der Waals surface area contributed by atoms with Gasteiger partial charge in [0.2, 0.25) is 5.91 Å². The van der Waals surface area contributed by atoms with Crippen molar-refractivity contribution in [2.45, 2.75) is 39.7 Å². The van der Waals surface area contributed by atoms with Crippen molar-refractivity contribution >= 4 is 5.91 Å². The fourth-order valence-electron chi connectivity index (χ4n) is 0.854. The third-order valence-corrected chi connectivity index (χ3v) is 1.99. The van der Waals surface area contributed by atoms with Crippen LogP contribution in [-0.4, -0.2) is 18.5 Å². The molecule has 0 aromatic rings. The van der Waals surface area contributed by atoms with Crippen molar-refractivity contribution in [2.24, 2.45) is 11.7 Å². The Bertz CT molecular complexity index is 122. The lowest BCUT2D eigenvalue weighted by Crippen LogP contribution is -2.38. The number of nitrogens with two attached hydrogens (primary N) is 1. The Balaban J connectivity index is 3.59. The maximum Gasteiger partial charge on any atom is 0.220 e. The van der Waals surface area contributed by atoms with Gasteiger partial charge in [0.05, 0.1) is 0 Å². The van der Waals surface area contributed by atoms with E-state index >= 15 is 0 Å². The van der Waals surface area contributed by atoms with E-state index in [0.717, 1.165) is 6.42 Å². The van der Waals surface area contributed by atoms with E-state index in [1.165, 1.54) is 0 Å². The zero-order valence-electron chi connectivity index (χ0n) is 8.26. The van der Waals surface area contributed by atoms with Crippen LogP contribution >= 0.6 is 0 Å². The first kappa shape index (κ1) is 11.4. The maximum absolute atomic E-state index is 11.2. The van der Waals surface area contributed by atoms with Gasteiger partial charge in [-0.05, 0) is 12.8 Å². The lowest BCUT2D eigenvalue weighted by atomic mass is 10.0. The minimum Gasteiger partial charge on any atom is -0.352 e. The highest BCUT2D eigenvalue weighted by Crippen LogP contribution is 2.05. The van der Waals surface area contributed by atoms with Gasteiger partial charge in [-0.3, -0.25) is 4.79 Å². The summed E-state index contributed by atoms with van der Waals surface area (Å²) in [5, 5.41) is 2.83. The minimum atomic E-state index is 0.0987. The van der Waals surface area contributed by atoms with Gasteiger partial charge in [-0.15, -0.1) is 0 Å². The fourth-order valence-corrected chi connectivity index (χ4v) is 0.854. The second-order valence-electron chi connectivity index (χ2n) is 3.42. The number of rotatable bonds is 5. The summed E-state index contributed by atoms with van der Waals surface area (Å²) in [7, 11) is 0. The zero-order valence-corrected chi connectivity index (χ0v) is 8.26. The highest BCUT2D eigenvalue weighted by atomic mass is 16.1. The molecule has 1 unspecified atom stereocenters. The Morgan fingerprint density at radius 1 is 1.50 bits per heavy atom. The second-order valence-corrected chi connectivity index (χ2v) is 3.42. The highest BCUT2D eigenvalue weighted by molar-refractivity contribution is 5.76. The van der Waals surface area contributed by atoms with Crippen molar-refractivity contribution in [2.75, 3.05) is 6.54 Å². The molecule has 0 rings (SSSR count). The van der Waals surface area contributed by atoms with Gasteiger partial charge in [0.1, 0.15) is 0 Å². The minimum absolute atomic E-state index is 0.0987. The van der Waals surface area contributed by atoms with Crippen LogP contribution in [0.1, 0.15) is 33.6 Å². The number of carbonyl (C=O) groups is 1. The van der Waals surface area contributed by atoms with Crippen molar-refractivity contribution in [3.05, 3.63) is 0 Å². The van der Waals surface area contributed by atoms with Crippen LogP contribution < -0.4 is 11.1 Å². The highest BCUT2D eigenvalue weighted by Gasteiger charge is 2.08. The van der Waals surface area contributed by atoms with Gasteiger partial charge in [-0.1, -0.05) is 20.3 Å². The first-order valence-corrected chi connectivity index (χ1v) is 4.59. The average molecular weight is 172 g/mol. The summed E-state index contributed by atoms with van der Waals surface area (Å²) in [5.74, 6) is 0.581. The molecule has 0 aromatic heterocycles. The van der Waals surface area contributed by atoms with E-state index in [1.807, 2.05) is 6.92 Å². The van der Waals surface area contributed by atoms with E-state index in [-0.39, 0.29) is 11.9 Å². The van der Waals surface area contributed by atoms with Crippen LogP contribution in [0.3, 0.4) is 0 Å². The molecular formula is C9H20N2O. The van der Waals surface area contributed by atoms with E-state index in [2.05, 4.69) is 19.2 Å². The molecule has 1 amide bonds. The first-order chi connectivity index (χ1) is 5.60. The first-order valence-electron chi connectivity index (χ1n) is 4.59. The van der Waals surface area contributed by atoms with E-state index in [0.29, 0.717) is 18.9 Å². The summed E-state index contributed by atoms with van der Waals surface area (Å²) in [6.45, 7) is 6.58. The molecular weight excluding hydrogens is 152 g/mol. The number of hydrogen-bond acceptors (Lipinski definition) is 2. The SMILES string of the molecule is CCC(C)CC(=O)N[C@H](C)CN. The molecule has 0 aromatic carbocycles. The van der Waals surface area contributed by atoms with E-state index in [1.54, 1.807) is 0 Å². The molecule has 0 aliphatic rings. The van der Waals surface area contributed by atoms with Gasteiger partial charge >= 0.3 is 0 Å².